The number of piperidine rings is 1. The summed E-state index contributed by atoms with van der Waals surface area (Å²) < 4.78 is 1.47. The minimum Gasteiger partial charge on any atom is -0.363 e. The van der Waals surface area contributed by atoms with Crippen molar-refractivity contribution in [1.82, 2.24) is 19.7 Å². The van der Waals surface area contributed by atoms with Gasteiger partial charge in [0, 0.05) is 23.9 Å². The van der Waals surface area contributed by atoms with E-state index in [9.17, 15) is 9.59 Å². The molecule has 4 rings (SSSR count). The van der Waals surface area contributed by atoms with E-state index in [0.717, 1.165) is 24.2 Å². The van der Waals surface area contributed by atoms with Crippen molar-refractivity contribution in [3.8, 4) is 0 Å². The zero-order valence-electron chi connectivity index (χ0n) is 16.3. The maximum Gasteiger partial charge on any atom is 0.357 e. The maximum absolute atomic E-state index is 12.6. The van der Waals surface area contributed by atoms with Crippen molar-refractivity contribution in [2.45, 2.75) is 39.7 Å². The fourth-order valence-electron chi connectivity index (χ4n) is 3.84. The second kappa shape index (κ2) is 7.24. The van der Waals surface area contributed by atoms with E-state index in [1.165, 1.54) is 4.52 Å². The lowest BCUT2D eigenvalue weighted by molar-refractivity contribution is -0.166. The van der Waals surface area contributed by atoms with Crippen LogP contribution in [0.2, 0.25) is 0 Å². The van der Waals surface area contributed by atoms with Crippen molar-refractivity contribution in [2.24, 2.45) is 5.92 Å². The standard InChI is InChI=1S/C21H24N4O3/c1-13-8-7-11-24(28-21(27)16-9-5-4-6-10-16)19(13)17-12-18-22-15(3)14(2)20(26)25(18)23-17/h4-6,9-10,12-13,19,23H,7-8,11H2,1-3H3. The van der Waals surface area contributed by atoms with E-state index in [2.05, 4.69) is 17.0 Å². The van der Waals surface area contributed by atoms with Gasteiger partial charge in [-0.2, -0.15) is 0 Å². The van der Waals surface area contributed by atoms with Crippen molar-refractivity contribution in [3.05, 3.63) is 69.3 Å². The van der Waals surface area contributed by atoms with E-state index in [0.29, 0.717) is 23.3 Å². The van der Waals surface area contributed by atoms with Gasteiger partial charge in [0.15, 0.2) is 5.65 Å². The number of hydrogen-bond donors (Lipinski definition) is 1. The van der Waals surface area contributed by atoms with Crippen molar-refractivity contribution < 1.29 is 9.63 Å². The molecule has 3 aromatic rings. The SMILES string of the molecule is Cc1nc2cc(C3C(C)CCCN3OC(=O)c3ccccc3)[nH]n2c(=O)c1C. The average Bonchev–Trinajstić information content (AvgIpc) is 3.10. The summed E-state index contributed by atoms with van der Waals surface area (Å²) in [6.45, 7) is 6.38. The van der Waals surface area contributed by atoms with Crippen LogP contribution in [0.15, 0.2) is 41.2 Å². The monoisotopic (exact) mass is 380 g/mol. The third kappa shape index (κ3) is 3.22. The van der Waals surface area contributed by atoms with Crippen LogP contribution in [0.1, 0.15) is 53.1 Å². The van der Waals surface area contributed by atoms with Crippen LogP contribution in [0.25, 0.3) is 5.65 Å². The first-order valence-corrected chi connectivity index (χ1v) is 9.58. The number of hydrogen-bond acceptors (Lipinski definition) is 5. The van der Waals surface area contributed by atoms with Gasteiger partial charge in [-0.1, -0.05) is 25.1 Å². The highest BCUT2D eigenvalue weighted by atomic mass is 16.7. The molecule has 2 atom stereocenters. The second-order valence-corrected chi connectivity index (χ2v) is 7.48. The van der Waals surface area contributed by atoms with Crippen LogP contribution in [0, 0.1) is 19.8 Å². The maximum atomic E-state index is 12.6. The lowest BCUT2D eigenvalue weighted by atomic mass is 9.90. The number of benzene rings is 1. The molecule has 0 amide bonds. The van der Waals surface area contributed by atoms with Crippen molar-refractivity contribution >= 4 is 11.6 Å². The summed E-state index contributed by atoms with van der Waals surface area (Å²) in [6.07, 6.45) is 1.95. The number of fused-ring (bicyclic) bond motifs is 1. The lowest BCUT2D eigenvalue weighted by Crippen LogP contribution is -2.39. The van der Waals surface area contributed by atoms with Gasteiger partial charge in [-0.15, -0.1) is 5.06 Å². The first-order chi connectivity index (χ1) is 13.5. The molecule has 28 heavy (non-hydrogen) atoms. The summed E-state index contributed by atoms with van der Waals surface area (Å²) in [5.74, 6) is -0.124. The number of hydroxylamine groups is 2. The summed E-state index contributed by atoms with van der Waals surface area (Å²) in [5, 5.41) is 4.92. The van der Waals surface area contributed by atoms with Gasteiger partial charge in [0.25, 0.3) is 5.56 Å². The quantitative estimate of drug-likeness (QED) is 0.755. The highest BCUT2D eigenvalue weighted by Gasteiger charge is 2.34. The van der Waals surface area contributed by atoms with Crippen LogP contribution < -0.4 is 5.56 Å². The summed E-state index contributed by atoms with van der Waals surface area (Å²) in [6, 6.07) is 10.7. The second-order valence-electron chi connectivity index (χ2n) is 7.48. The lowest BCUT2D eigenvalue weighted by Gasteiger charge is -2.37. The van der Waals surface area contributed by atoms with E-state index in [1.807, 2.05) is 31.2 Å². The Labute approximate surface area is 162 Å². The van der Waals surface area contributed by atoms with Gasteiger partial charge in [-0.05, 0) is 44.7 Å². The Morgan fingerprint density at radius 3 is 2.75 bits per heavy atom. The summed E-state index contributed by atoms with van der Waals surface area (Å²) >= 11 is 0. The highest BCUT2D eigenvalue weighted by Crippen LogP contribution is 2.35. The third-order valence-electron chi connectivity index (χ3n) is 5.52. The predicted octanol–water partition coefficient (Wildman–Crippen LogP) is 3.18. The number of nitrogens with one attached hydrogen (secondary N) is 1. The summed E-state index contributed by atoms with van der Waals surface area (Å²) in [7, 11) is 0. The first-order valence-electron chi connectivity index (χ1n) is 9.58. The van der Waals surface area contributed by atoms with E-state index < -0.39 is 0 Å². The van der Waals surface area contributed by atoms with Crippen molar-refractivity contribution in [3.63, 3.8) is 0 Å². The average molecular weight is 380 g/mol. The molecule has 0 spiro atoms. The van der Waals surface area contributed by atoms with E-state index >= 15 is 0 Å². The van der Waals surface area contributed by atoms with Gasteiger partial charge in [0.2, 0.25) is 0 Å². The molecule has 1 fully saturated rings. The highest BCUT2D eigenvalue weighted by molar-refractivity contribution is 5.89. The Bertz CT molecular complexity index is 1070. The first kappa shape index (κ1) is 18.4. The summed E-state index contributed by atoms with van der Waals surface area (Å²) in [5.41, 5.74) is 3.15. The van der Waals surface area contributed by atoms with Crippen LogP contribution >= 0.6 is 0 Å². The molecule has 0 radical (unpaired) electrons. The molecular weight excluding hydrogens is 356 g/mol. The molecule has 1 aromatic carbocycles. The largest absolute Gasteiger partial charge is 0.363 e. The summed E-state index contributed by atoms with van der Waals surface area (Å²) in [4.78, 5) is 35.4. The number of nitrogens with zero attached hydrogens (tertiary/aromatic N) is 3. The Balaban J connectivity index is 1.69. The molecule has 2 unspecified atom stereocenters. The zero-order valence-corrected chi connectivity index (χ0v) is 16.3. The normalized spacial score (nSPS) is 20.4. The molecule has 1 aliphatic rings. The topological polar surface area (TPSA) is 79.7 Å². The van der Waals surface area contributed by atoms with Gasteiger partial charge >= 0.3 is 5.97 Å². The van der Waals surface area contributed by atoms with Crippen molar-refractivity contribution in [2.75, 3.05) is 6.54 Å². The Morgan fingerprint density at radius 1 is 1.25 bits per heavy atom. The van der Waals surface area contributed by atoms with Crippen molar-refractivity contribution in [1.29, 1.82) is 0 Å². The molecular formula is C21H24N4O3. The third-order valence-corrected chi connectivity index (χ3v) is 5.52. The van der Waals surface area contributed by atoms with Crippen LogP contribution in [0.4, 0.5) is 0 Å². The molecule has 0 aliphatic carbocycles. The van der Waals surface area contributed by atoms with Crippen LogP contribution in [0.5, 0.6) is 0 Å². The molecule has 1 N–H and O–H groups in total. The number of aryl methyl sites for hydroxylation is 1. The fourth-order valence-corrected chi connectivity index (χ4v) is 3.84. The molecule has 7 nitrogen and oxygen atoms in total. The van der Waals surface area contributed by atoms with Crippen LogP contribution in [-0.2, 0) is 4.84 Å². The van der Waals surface area contributed by atoms with Gasteiger partial charge in [-0.25, -0.2) is 14.3 Å². The number of H-pyrrole nitrogens is 1. The van der Waals surface area contributed by atoms with Gasteiger partial charge in [0.1, 0.15) is 0 Å². The van der Waals surface area contributed by atoms with E-state index in [1.54, 1.807) is 24.1 Å². The number of aromatic nitrogens is 3. The number of carbonyl (C=O) groups excluding carboxylic acids is 1. The molecule has 3 heterocycles. The fraction of sp³-hybridized carbons (Fsp3) is 0.381. The van der Waals surface area contributed by atoms with E-state index in [-0.39, 0.29) is 23.5 Å². The predicted molar refractivity (Wildman–Crippen MR) is 105 cm³/mol. The van der Waals surface area contributed by atoms with Crippen LogP contribution in [-0.4, -0.2) is 32.2 Å². The van der Waals surface area contributed by atoms with Crippen LogP contribution in [0.3, 0.4) is 0 Å². The van der Waals surface area contributed by atoms with Gasteiger partial charge in [0.05, 0.1) is 17.3 Å². The minimum absolute atomic E-state index is 0.106. The smallest absolute Gasteiger partial charge is 0.357 e. The zero-order chi connectivity index (χ0) is 19.8. The molecule has 1 aliphatic heterocycles. The molecule has 2 aromatic heterocycles. The van der Waals surface area contributed by atoms with Gasteiger partial charge < -0.3 is 4.84 Å². The number of carbonyl (C=O) groups is 1. The molecule has 7 heteroatoms. The number of aromatic amines is 1. The molecule has 146 valence electrons. The molecule has 0 saturated carbocycles. The minimum atomic E-state index is -0.377. The molecule has 0 bridgehead atoms. The van der Waals surface area contributed by atoms with E-state index in [4.69, 9.17) is 4.84 Å². The number of rotatable bonds is 3. The Hall–Kier alpha value is -2.93. The Morgan fingerprint density at radius 2 is 2.00 bits per heavy atom. The van der Waals surface area contributed by atoms with Gasteiger partial charge in [-0.3, -0.25) is 9.89 Å². The molecule has 1 saturated heterocycles. The Kier molecular flexibility index (Phi) is 4.77.